The highest BCUT2D eigenvalue weighted by Gasteiger charge is 2.17. The number of hydrogen-bond acceptors (Lipinski definition) is 3. The Morgan fingerprint density at radius 3 is 2.69 bits per heavy atom. The number of benzene rings is 2. The number of rotatable bonds is 7. The Labute approximate surface area is 180 Å². The molecule has 29 heavy (non-hydrogen) atoms. The van der Waals surface area contributed by atoms with Crippen LogP contribution >= 0.6 is 15.9 Å². The lowest BCUT2D eigenvalue weighted by molar-refractivity contribution is 0.103. The number of aryl methyl sites for hydroxylation is 1. The van der Waals surface area contributed by atoms with Crippen LogP contribution in [-0.4, -0.2) is 24.5 Å². The lowest BCUT2D eigenvalue weighted by atomic mass is 10.0. The summed E-state index contributed by atoms with van der Waals surface area (Å²) in [5.41, 5.74) is 4.45. The van der Waals surface area contributed by atoms with Crippen molar-refractivity contribution in [2.24, 2.45) is 5.92 Å². The fourth-order valence-corrected chi connectivity index (χ4v) is 3.71. The lowest BCUT2D eigenvalue weighted by Gasteiger charge is -2.15. The number of fused-ring (bicyclic) bond motifs is 1. The van der Waals surface area contributed by atoms with E-state index in [0.29, 0.717) is 39.6 Å². The second-order valence-electron chi connectivity index (χ2n) is 7.64. The van der Waals surface area contributed by atoms with Gasteiger partial charge in [0.15, 0.2) is 17.3 Å². The molecule has 0 saturated carbocycles. The van der Waals surface area contributed by atoms with Crippen LogP contribution in [0, 0.1) is 12.8 Å². The van der Waals surface area contributed by atoms with Gasteiger partial charge in [0, 0.05) is 28.2 Å². The molecule has 152 valence electrons. The Hall–Kier alpha value is -2.53. The van der Waals surface area contributed by atoms with E-state index in [1.165, 1.54) is 5.56 Å². The van der Waals surface area contributed by atoms with Gasteiger partial charge in [0.1, 0.15) is 0 Å². The number of ketones is 1. The SMILES string of the molecule is COc1cc(C(=O)C(C)=Cc2c[nH]c3cc(C)ccc23)cc(Br)c1OCC(C)C. The highest BCUT2D eigenvalue weighted by molar-refractivity contribution is 9.10. The molecule has 3 aromatic rings. The average molecular weight is 456 g/mol. The van der Waals surface area contributed by atoms with Crippen LogP contribution in [0.3, 0.4) is 0 Å². The molecule has 3 rings (SSSR count). The lowest BCUT2D eigenvalue weighted by Crippen LogP contribution is -2.07. The van der Waals surface area contributed by atoms with Crippen molar-refractivity contribution >= 4 is 38.7 Å². The third-order valence-corrected chi connectivity index (χ3v) is 5.24. The molecule has 0 spiro atoms. The molecule has 2 aromatic carbocycles. The van der Waals surface area contributed by atoms with E-state index in [9.17, 15) is 4.79 Å². The van der Waals surface area contributed by atoms with Crippen LogP contribution in [0.4, 0.5) is 0 Å². The van der Waals surface area contributed by atoms with Crippen molar-refractivity contribution in [2.45, 2.75) is 27.7 Å². The molecular weight excluding hydrogens is 430 g/mol. The van der Waals surface area contributed by atoms with Crippen LogP contribution in [0.25, 0.3) is 17.0 Å². The van der Waals surface area contributed by atoms with E-state index in [4.69, 9.17) is 9.47 Å². The highest BCUT2D eigenvalue weighted by atomic mass is 79.9. The van der Waals surface area contributed by atoms with Crippen molar-refractivity contribution < 1.29 is 14.3 Å². The van der Waals surface area contributed by atoms with Crippen LogP contribution in [0.5, 0.6) is 11.5 Å². The van der Waals surface area contributed by atoms with Crippen LogP contribution in [0.15, 0.2) is 46.6 Å². The Kier molecular flexibility index (Phi) is 6.48. The zero-order valence-electron chi connectivity index (χ0n) is 17.4. The molecule has 0 bridgehead atoms. The first-order chi connectivity index (χ1) is 13.8. The van der Waals surface area contributed by atoms with Crippen molar-refractivity contribution in [2.75, 3.05) is 13.7 Å². The first kappa shape index (κ1) is 21.2. The standard InChI is InChI=1S/C24H26BrNO3/c1-14(2)13-29-24-20(25)10-17(11-22(24)28-5)23(27)16(4)9-18-12-26-21-8-15(3)6-7-19(18)21/h6-12,14,26H,13H2,1-5H3. The summed E-state index contributed by atoms with van der Waals surface area (Å²) in [6.07, 6.45) is 3.85. The van der Waals surface area contributed by atoms with Gasteiger partial charge in [-0.2, -0.15) is 0 Å². The van der Waals surface area contributed by atoms with Crippen molar-refractivity contribution in [3.8, 4) is 11.5 Å². The number of carbonyl (C=O) groups is 1. The van der Waals surface area contributed by atoms with Gasteiger partial charge in [-0.05, 0) is 71.1 Å². The second kappa shape index (κ2) is 8.87. The Bertz CT molecular complexity index is 1080. The van der Waals surface area contributed by atoms with Gasteiger partial charge in [-0.25, -0.2) is 0 Å². The van der Waals surface area contributed by atoms with E-state index in [-0.39, 0.29) is 5.78 Å². The minimum absolute atomic E-state index is 0.0547. The number of ether oxygens (including phenoxy) is 2. The van der Waals surface area contributed by atoms with Crippen molar-refractivity contribution in [3.05, 3.63) is 63.3 Å². The minimum atomic E-state index is -0.0547. The van der Waals surface area contributed by atoms with Crippen LogP contribution in [0.2, 0.25) is 0 Å². The molecule has 0 aliphatic heterocycles. The van der Waals surface area contributed by atoms with Gasteiger partial charge in [-0.15, -0.1) is 0 Å². The maximum Gasteiger partial charge on any atom is 0.188 e. The first-order valence-corrected chi connectivity index (χ1v) is 10.4. The smallest absolute Gasteiger partial charge is 0.188 e. The van der Waals surface area contributed by atoms with Crippen LogP contribution < -0.4 is 9.47 Å². The molecule has 4 nitrogen and oxygen atoms in total. The maximum atomic E-state index is 13.1. The number of H-pyrrole nitrogens is 1. The number of allylic oxidation sites excluding steroid dienone is 1. The van der Waals surface area contributed by atoms with E-state index in [1.807, 2.05) is 19.2 Å². The van der Waals surface area contributed by atoms with E-state index >= 15 is 0 Å². The first-order valence-electron chi connectivity index (χ1n) is 9.61. The van der Waals surface area contributed by atoms with E-state index in [2.05, 4.69) is 59.9 Å². The molecule has 0 saturated heterocycles. The number of methoxy groups -OCH3 is 1. The molecule has 5 heteroatoms. The summed E-state index contributed by atoms with van der Waals surface area (Å²) >= 11 is 3.52. The summed E-state index contributed by atoms with van der Waals surface area (Å²) in [5, 5.41) is 1.10. The fraction of sp³-hybridized carbons (Fsp3) is 0.292. The molecule has 0 radical (unpaired) electrons. The molecular formula is C24H26BrNO3. The summed E-state index contributed by atoms with van der Waals surface area (Å²) in [6.45, 7) is 8.63. The molecule has 1 heterocycles. The van der Waals surface area contributed by atoms with Gasteiger partial charge in [0.2, 0.25) is 0 Å². The largest absolute Gasteiger partial charge is 0.493 e. The Balaban J connectivity index is 1.92. The average Bonchev–Trinajstić information content (AvgIpc) is 3.07. The van der Waals surface area contributed by atoms with Gasteiger partial charge in [-0.1, -0.05) is 26.0 Å². The maximum absolute atomic E-state index is 13.1. The van der Waals surface area contributed by atoms with Crippen molar-refractivity contribution in [1.82, 2.24) is 4.98 Å². The van der Waals surface area contributed by atoms with E-state index in [1.54, 1.807) is 19.2 Å². The van der Waals surface area contributed by atoms with Crippen LogP contribution in [-0.2, 0) is 0 Å². The molecule has 1 N–H and O–H groups in total. The Morgan fingerprint density at radius 1 is 1.24 bits per heavy atom. The molecule has 0 fully saturated rings. The monoisotopic (exact) mass is 455 g/mol. The summed E-state index contributed by atoms with van der Waals surface area (Å²) in [6, 6.07) is 9.77. The van der Waals surface area contributed by atoms with Crippen LogP contribution in [0.1, 0.15) is 42.3 Å². The van der Waals surface area contributed by atoms with E-state index < -0.39 is 0 Å². The highest BCUT2D eigenvalue weighted by Crippen LogP contribution is 2.37. The van der Waals surface area contributed by atoms with Gasteiger partial charge in [0.05, 0.1) is 18.2 Å². The number of aromatic nitrogens is 1. The van der Waals surface area contributed by atoms with Gasteiger partial charge in [0.25, 0.3) is 0 Å². The fourth-order valence-electron chi connectivity index (χ4n) is 3.15. The Morgan fingerprint density at radius 2 is 2.00 bits per heavy atom. The predicted molar refractivity (Wildman–Crippen MR) is 122 cm³/mol. The third-order valence-electron chi connectivity index (χ3n) is 4.65. The second-order valence-corrected chi connectivity index (χ2v) is 8.50. The predicted octanol–water partition coefficient (Wildman–Crippen LogP) is 6.57. The van der Waals surface area contributed by atoms with Gasteiger partial charge in [-0.3, -0.25) is 4.79 Å². The van der Waals surface area contributed by atoms with Crippen molar-refractivity contribution in [1.29, 1.82) is 0 Å². The van der Waals surface area contributed by atoms with Crippen molar-refractivity contribution in [3.63, 3.8) is 0 Å². The molecule has 0 aliphatic carbocycles. The number of hydrogen-bond donors (Lipinski definition) is 1. The number of Topliss-reactive ketones (excluding diaryl/α,β-unsaturated/α-hetero) is 1. The number of aromatic amines is 1. The number of nitrogens with one attached hydrogen (secondary N) is 1. The third kappa shape index (κ3) is 4.73. The summed E-state index contributed by atoms with van der Waals surface area (Å²) < 4.78 is 12.0. The van der Waals surface area contributed by atoms with Gasteiger partial charge < -0.3 is 14.5 Å². The summed E-state index contributed by atoms with van der Waals surface area (Å²) in [5.74, 6) is 1.49. The molecule has 0 atom stereocenters. The zero-order chi connectivity index (χ0) is 21.1. The quantitative estimate of drug-likeness (QED) is 0.323. The normalized spacial score (nSPS) is 11.9. The zero-order valence-corrected chi connectivity index (χ0v) is 19.0. The molecule has 0 aliphatic rings. The summed E-state index contributed by atoms with van der Waals surface area (Å²) in [7, 11) is 1.58. The minimum Gasteiger partial charge on any atom is -0.493 e. The van der Waals surface area contributed by atoms with E-state index in [0.717, 1.165) is 16.5 Å². The molecule has 0 amide bonds. The van der Waals surface area contributed by atoms with Gasteiger partial charge >= 0.3 is 0 Å². The number of carbonyl (C=O) groups excluding carboxylic acids is 1. The topological polar surface area (TPSA) is 51.3 Å². The molecule has 0 unspecified atom stereocenters. The number of halogens is 1. The molecule has 1 aromatic heterocycles. The summed E-state index contributed by atoms with van der Waals surface area (Å²) in [4.78, 5) is 16.3.